The van der Waals surface area contributed by atoms with Crippen molar-refractivity contribution in [3.63, 3.8) is 0 Å². The second kappa shape index (κ2) is 7.15. The standard InChI is InChI=1S/C20H22N4O/c1-25-20-22-11-16(12-23-20)14-24-9-7-15(13-24)10-17-6-8-21-19-5-3-2-4-18(17)19/h2-6,8,11-12,15H,7,9-10,13-14H2,1H3. The summed E-state index contributed by atoms with van der Waals surface area (Å²) in [6, 6.07) is 11.0. The van der Waals surface area contributed by atoms with Gasteiger partial charge >= 0.3 is 6.01 Å². The van der Waals surface area contributed by atoms with Crippen molar-refractivity contribution < 1.29 is 4.74 Å². The van der Waals surface area contributed by atoms with E-state index in [0.29, 0.717) is 11.9 Å². The molecule has 2 aromatic heterocycles. The lowest BCUT2D eigenvalue weighted by molar-refractivity contribution is 0.314. The molecule has 25 heavy (non-hydrogen) atoms. The van der Waals surface area contributed by atoms with Crippen LogP contribution in [-0.4, -0.2) is 40.1 Å². The lowest BCUT2D eigenvalue weighted by Crippen LogP contribution is -2.21. The van der Waals surface area contributed by atoms with Crippen LogP contribution in [0.4, 0.5) is 0 Å². The quantitative estimate of drug-likeness (QED) is 0.718. The minimum atomic E-state index is 0.424. The Bertz CT molecular complexity index is 844. The number of fused-ring (bicyclic) bond motifs is 1. The molecule has 0 spiro atoms. The van der Waals surface area contributed by atoms with Gasteiger partial charge in [0, 0.05) is 42.6 Å². The molecule has 1 fully saturated rings. The van der Waals surface area contributed by atoms with Gasteiger partial charge in [-0.25, -0.2) is 9.97 Å². The van der Waals surface area contributed by atoms with Crippen molar-refractivity contribution in [2.75, 3.05) is 20.2 Å². The Labute approximate surface area is 147 Å². The number of likely N-dealkylation sites (tertiary alicyclic amines) is 1. The van der Waals surface area contributed by atoms with Crippen molar-refractivity contribution in [1.29, 1.82) is 0 Å². The van der Waals surface area contributed by atoms with Crippen LogP contribution < -0.4 is 4.74 Å². The third kappa shape index (κ3) is 3.61. The molecule has 0 aliphatic carbocycles. The highest BCUT2D eigenvalue weighted by Crippen LogP contribution is 2.25. The predicted molar refractivity (Wildman–Crippen MR) is 97.4 cm³/mol. The highest BCUT2D eigenvalue weighted by atomic mass is 16.5. The molecule has 1 aliphatic heterocycles. The molecular formula is C20H22N4O. The number of nitrogens with zero attached hydrogens (tertiary/aromatic N) is 4. The van der Waals surface area contributed by atoms with Gasteiger partial charge in [-0.05, 0) is 43.0 Å². The van der Waals surface area contributed by atoms with Gasteiger partial charge in [0.25, 0.3) is 0 Å². The summed E-state index contributed by atoms with van der Waals surface area (Å²) in [6.45, 7) is 3.14. The summed E-state index contributed by atoms with van der Waals surface area (Å²) in [5, 5.41) is 1.28. The minimum Gasteiger partial charge on any atom is -0.467 e. The van der Waals surface area contributed by atoms with Crippen LogP contribution in [0.2, 0.25) is 0 Å². The van der Waals surface area contributed by atoms with Crippen LogP contribution in [0.3, 0.4) is 0 Å². The van der Waals surface area contributed by atoms with Crippen molar-refractivity contribution in [2.45, 2.75) is 19.4 Å². The van der Waals surface area contributed by atoms with E-state index in [-0.39, 0.29) is 0 Å². The van der Waals surface area contributed by atoms with Gasteiger partial charge in [-0.2, -0.15) is 0 Å². The number of benzene rings is 1. The Morgan fingerprint density at radius 2 is 1.96 bits per heavy atom. The van der Waals surface area contributed by atoms with Crippen LogP contribution >= 0.6 is 0 Å². The molecule has 0 saturated carbocycles. The number of hydrogen-bond acceptors (Lipinski definition) is 5. The van der Waals surface area contributed by atoms with Crippen molar-refractivity contribution >= 4 is 10.9 Å². The second-order valence-corrected chi connectivity index (χ2v) is 6.66. The molecule has 4 rings (SSSR count). The zero-order chi connectivity index (χ0) is 17.1. The maximum absolute atomic E-state index is 5.02. The normalized spacial score (nSPS) is 17.9. The summed E-state index contributed by atoms with van der Waals surface area (Å²) in [6.07, 6.45) is 7.98. The number of para-hydroxylation sites is 1. The fraction of sp³-hybridized carbons (Fsp3) is 0.350. The number of aromatic nitrogens is 3. The lowest BCUT2D eigenvalue weighted by Gasteiger charge is -2.16. The van der Waals surface area contributed by atoms with Crippen LogP contribution in [-0.2, 0) is 13.0 Å². The van der Waals surface area contributed by atoms with Crippen molar-refractivity contribution in [3.05, 3.63) is 60.0 Å². The first-order chi connectivity index (χ1) is 12.3. The van der Waals surface area contributed by atoms with Gasteiger partial charge < -0.3 is 4.74 Å². The molecule has 128 valence electrons. The Morgan fingerprint density at radius 1 is 1.12 bits per heavy atom. The van der Waals surface area contributed by atoms with Crippen LogP contribution in [0.1, 0.15) is 17.5 Å². The molecule has 1 unspecified atom stereocenters. The molecule has 1 aliphatic rings. The summed E-state index contributed by atoms with van der Waals surface area (Å²) < 4.78 is 5.02. The van der Waals surface area contributed by atoms with E-state index in [2.05, 4.69) is 44.1 Å². The maximum atomic E-state index is 5.02. The summed E-state index contributed by atoms with van der Waals surface area (Å²) in [5.74, 6) is 0.685. The van der Waals surface area contributed by atoms with Crippen LogP contribution in [0, 0.1) is 5.92 Å². The summed E-state index contributed by atoms with van der Waals surface area (Å²) in [4.78, 5) is 15.3. The maximum Gasteiger partial charge on any atom is 0.316 e. The summed E-state index contributed by atoms with van der Waals surface area (Å²) >= 11 is 0. The van der Waals surface area contributed by atoms with Gasteiger partial charge in [0.05, 0.1) is 12.6 Å². The molecular weight excluding hydrogens is 312 g/mol. The Morgan fingerprint density at radius 3 is 2.80 bits per heavy atom. The van der Waals surface area contributed by atoms with Gasteiger partial charge in [-0.1, -0.05) is 18.2 Å². The number of methoxy groups -OCH3 is 1. The molecule has 0 amide bonds. The fourth-order valence-corrected chi connectivity index (χ4v) is 3.66. The number of rotatable bonds is 5. The third-order valence-electron chi connectivity index (χ3n) is 4.89. The smallest absolute Gasteiger partial charge is 0.316 e. The Kier molecular flexibility index (Phi) is 4.57. The van der Waals surface area contributed by atoms with Crippen molar-refractivity contribution in [3.8, 4) is 6.01 Å². The van der Waals surface area contributed by atoms with E-state index in [9.17, 15) is 0 Å². The Hall–Kier alpha value is -2.53. The van der Waals surface area contributed by atoms with Crippen LogP contribution in [0.5, 0.6) is 6.01 Å². The van der Waals surface area contributed by atoms with Gasteiger partial charge in [-0.3, -0.25) is 9.88 Å². The third-order valence-corrected chi connectivity index (χ3v) is 4.89. The minimum absolute atomic E-state index is 0.424. The SMILES string of the molecule is COc1ncc(CN2CCC(Cc3ccnc4ccccc34)C2)cn1. The van der Waals surface area contributed by atoms with E-state index in [1.807, 2.05) is 24.7 Å². The first-order valence-electron chi connectivity index (χ1n) is 8.72. The van der Waals surface area contributed by atoms with E-state index < -0.39 is 0 Å². The molecule has 5 heteroatoms. The van der Waals surface area contributed by atoms with Crippen molar-refractivity contribution in [2.24, 2.45) is 5.92 Å². The number of pyridine rings is 1. The van der Waals surface area contributed by atoms with Gasteiger partial charge in [0.15, 0.2) is 0 Å². The first-order valence-corrected chi connectivity index (χ1v) is 8.72. The number of hydrogen-bond donors (Lipinski definition) is 0. The van der Waals surface area contributed by atoms with E-state index in [4.69, 9.17) is 4.74 Å². The van der Waals surface area contributed by atoms with Gasteiger partial charge in [0.1, 0.15) is 0 Å². The van der Waals surface area contributed by atoms with E-state index in [0.717, 1.165) is 37.1 Å². The zero-order valence-electron chi connectivity index (χ0n) is 14.4. The Balaban J connectivity index is 1.40. The van der Waals surface area contributed by atoms with E-state index in [1.165, 1.54) is 17.4 Å². The molecule has 0 bridgehead atoms. The van der Waals surface area contributed by atoms with Crippen molar-refractivity contribution in [1.82, 2.24) is 19.9 Å². The lowest BCUT2D eigenvalue weighted by atomic mass is 9.96. The summed E-state index contributed by atoms with van der Waals surface area (Å²) in [5.41, 5.74) is 3.63. The fourth-order valence-electron chi connectivity index (χ4n) is 3.66. The average Bonchev–Trinajstić information content (AvgIpc) is 3.09. The molecule has 1 aromatic carbocycles. The van der Waals surface area contributed by atoms with E-state index >= 15 is 0 Å². The average molecular weight is 334 g/mol. The first kappa shape index (κ1) is 16.0. The molecule has 1 saturated heterocycles. The highest BCUT2D eigenvalue weighted by molar-refractivity contribution is 5.81. The second-order valence-electron chi connectivity index (χ2n) is 6.66. The number of ether oxygens (including phenoxy) is 1. The monoisotopic (exact) mass is 334 g/mol. The molecule has 1 atom stereocenters. The van der Waals surface area contributed by atoms with Crippen LogP contribution in [0.15, 0.2) is 48.9 Å². The summed E-state index contributed by atoms with van der Waals surface area (Å²) in [7, 11) is 1.59. The van der Waals surface area contributed by atoms with Gasteiger partial charge in [-0.15, -0.1) is 0 Å². The van der Waals surface area contributed by atoms with Crippen LogP contribution in [0.25, 0.3) is 10.9 Å². The van der Waals surface area contributed by atoms with E-state index in [1.54, 1.807) is 7.11 Å². The highest BCUT2D eigenvalue weighted by Gasteiger charge is 2.23. The molecule has 0 radical (unpaired) electrons. The molecule has 5 nitrogen and oxygen atoms in total. The molecule has 3 aromatic rings. The molecule has 3 heterocycles. The largest absolute Gasteiger partial charge is 0.467 e. The topological polar surface area (TPSA) is 51.1 Å². The molecule has 0 N–H and O–H groups in total. The zero-order valence-corrected chi connectivity index (χ0v) is 14.4. The van der Waals surface area contributed by atoms with Gasteiger partial charge in [0.2, 0.25) is 0 Å². The predicted octanol–water partition coefficient (Wildman–Crippen LogP) is 3.10.